The standard InChI is InChI=1S/C15H20N4O5/c20-14(9-3-1-2-4-10-15(21)18-22)17-16-11-12-7-5-6-8-13(12)19(23)24/h5-8,11,22H,1-4,9-10H2,(H,17,20)(H,18,21). The lowest BCUT2D eigenvalue weighted by Crippen LogP contribution is -2.18. The number of hydrogen-bond donors (Lipinski definition) is 3. The number of nitro benzene ring substituents is 1. The van der Waals surface area contributed by atoms with Crippen LogP contribution in [-0.4, -0.2) is 28.2 Å². The van der Waals surface area contributed by atoms with Crippen molar-refractivity contribution in [2.45, 2.75) is 38.5 Å². The van der Waals surface area contributed by atoms with Gasteiger partial charge in [-0.15, -0.1) is 0 Å². The van der Waals surface area contributed by atoms with Crippen molar-refractivity contribution in [3.05, 3.63) is 39.9 Å². The van der Waals surface area contributed by atoms with Gasteiger partial charge in [0, 0.05) is 18.9 Å². The van der Waals surface area contributed by atoms with Crippen molar-refractivity contribution in [3.8, 4) is 0 Å². The van der Waals surface area contributed by atoms with Crippen molar-refractivity contribution in [3.63, 3.8) is 0 Å². The van der Waals surface area contributed by atoms with E-state index in [2.05, 4.69) is 10.5 Å². The summed E-state index contributed by atoms with van der Waals surface area (Å²) in [5, 5.41) is 22.9. The smallest absolute Gasteiger partial charge is 0.278 e. The summed E-state index contributed by atoms with van der Waals surface area (Å²) in [5.74, 6) is -0.699. The van der Waals surface area contributed by atoms with E-state index in [0.717, 1.165) is 12.8 Å². The Balaban J connectivity index is 2.25. The third-order valence-corrected chi connectivity index (χ3v) is 3.21. The Hall–Kier alpha value is -2.81. The van der Waals surface area contributed by atoms with Gasteiger partial charge in [-0.05, 0) is 18.9 Å². The van der Waals surface area contributed by atoms with Gasteiger partial charge in [-0.3, -0.25) is 24.9 Å². The molecule has 0 aliphatic rings. The number of hydroxylamine groups is 1. The number of unbranched alkanes of at least 4 members (excludes halogenated alkanes) is 3. The average Bonchev–Trinajstić information content (AvgIpc) is 2.58. The summed E-state index contributed by atoms with van der Waals surface area (Å²) in [6.45, 7) is 0. The minimum atomic E-state index is -0.514. The van der Waals surface area contributed by atoms with E-state index in [4.69, 9.17) is 5.21 Å². The highest BCUT2D eigenvalue weighted by molar-refractivity contribution is 5.86. The quantitative estimate of drug-likeness (QED) is 0.197. The number of nitrogens with zero attached hydrogens (tertiary/aromatic N) is 2. The van der Waals surface area contributed by atoms with Crippen molar-refractivity contribution >= 4 is 23.7 Å². The molecule has 1 aromatic rings. The van der Waals surface area contributed by atoms with Crippen molar-refractivity contribution in [2.24, 2.45) is 5.10 Å². The molecule has 24 heavy (non-hydrogen) atoms. The summed E-state index contributed by atoms with van der Waals surface area (Å²) in [5.41, 5.74) is 4.12. The van der Waals surface area contributed by atoms with Gasteiger partial charge in [0.25, 0.3) is 5.69 Å². The lowest BCUT2D eigenvalue weighted by atomic mass is 10.1. The molecule has 0 radical (unpaired) electrons. The highest BCUT2D eigenvalue weighted by atomic mass is 16.6. The molecule has 0 aliphatic heterocycles. The number of nitrogens with one attached hydrogen (secondary N) is 2. The number of carbonyl (C=O) groups is 2. The van der Waals surface area contributed by atoms with E-state index in [9.17, 15) is 19.7 Å². The maximum atomic E-state index is 11.6. The molecule has 0 aliphatic carbocycles. The van der Waals surface area contributed by atoms with E-state index in [0.29, 0.717) is 18.4 Å². The number of benzene rings is 1. The Morgan fingerprint density at radius 3 is 2.38 bits per heavy atom. The van der Waals surface area contributed by atoms with E-state index >= 15 is 0 Å². The summed E-state index contributed by atoms with van der Waals surface area (Å²) in [6, 6.07) is 6.10. The first-order valence-electron chi connectivity index (χ1n) is 7.53. The molecule has 0 spiro atoms. The molecule has 0 saturated carbocycles. The van der Waals surface area contributed by atoms with Crippen LogP contribution in [0.1, 0.15) is 44.1 Å². The molecule has 0 aromatic heterocycles. The molecule has 0 bridgehead atoms. The molecule has 1 aromatic carbocycles. The van der Waals surface area contributed by atoms with E-state index in [-0.39, 0.29) is 24.4 Å². The van der Waals surface area contributed by atoms with Gasteiger partial charge in [0.05, 0.1) is 16.7 Å². The molecule has 0 atom stereocenters. The Morgan fingerprint density at radius 2 is 1.75 bits per heavy atom. The van der Waals surface area contributed by atoms with Crippen molar-refractivity contribution in [1.29, 1.82) is 0 Å². The monoisotopic (exact) mass is 336 g/mol. The fourth-order valence-corrected chi connectivity index (χ4v) is 1.97. The number of rotatable bonds is 10. The van der Waals surface area contributed by atoms with Crippen molar-refractivity contribution < 1.29 is 19.7 Å². The summed E-state index contributed by atoms with van der Waals surface area (Å²) in [4.78, 5) is 32.7. The number of hydrogen-bond acceptors (Lipinski definition) is 6. The summed E-state index contributed by atoms with van der Waals surface area (Å²) in [7, 11) is 0. The van der Waals surface area contributed by atoms with Gasteiger partial charge in [0.2, 0.25) is 11.8 Å². The fraction of sp³-hybridized carbons (Fsp3) is 0.400. The predicted octanol–water partition coefficient (Wildman–Crippen LogP) is 1.89. The minimum absolute atomic E-state index is 0.0811. The molecule has 1 rings (SSSR count). The van der Waals surface area contributed by atoms with Gasteiger partial charge >= 0.3 is 0 Å². The summed E-state index contributed by atoms with van der Waals surface area (Å²) < 4.78 is 0. The Morgan fingerprint density at radius 1 is 1.12 bits per heavy atom. The van der Waals surface area contributed by atoms with Crippen molar-refractivity contribution in [1.82, 2.24) is 10.9 Å². The lowest BCUT2D eigenvalue weighted by molar-refractivity contribution is -0.385. The SMILES string of the molecule is O=C(CCCCCCC(=O)NN=Cc1ccccc1[N+](=O)[O-])NO. The minimum Gasteiger partial charge on any atom is -0.289 e. The van der Waals surface area contributed by atoms with Gasteiger partial charge in [-0.1, -0.05) is 25.0 Å². The Bertz CT molecular complexity index is 603. The Labute approximate surface area is 138 Å². The molecule has 0 fully saturated rings. The second kappa shape index (κ2) is 10.8. The van der Waals surface area contributed by atoms with Crippen LogP contribution in [0.3, 0.4) is 0 Å². The Kier molecular flexibility index (Phi) is 8.69. The van der Waals surface area contributed by atoms with Crippen LogP contribution in [0.2, 0.25) is 0 Å². The number of amides is 2. The second-order valence-electron chi connectivity index (χ2n) is 5.06. The largest absolute Gasteiger partial charge is 0.289 e. The molecule has 9 nitrogen and oxygen atoms in total. The molecular formula is C15H20N4O5. The maximum absolute atomic E-state index is 11.6. The van der Waals surface area contributed by atoms with Crippen LogP contribution in [0.4, 0.5) is 5.69 Å². The molecule has 0 saturated heterocycles. The zero-order valence-electron chi connectivity index (χ0n) is 13.1. The van der Waals surface area contributed by atoms with E-state index in [1.54, 1.807) is 17.6 Å². The molecule has 2 amide bonds. The molecule has 0 unspecified atom stereocenters. The summed E-state index contributed by atoms with van der Waals surface area (Å²) >= 11 is 0. The van der Waals surface area contributed by atoms with Gasteiger partial charge in [0.15, 0.2) is 0 Å². The van der Waals surface area contributed by atoms with Crippen LogP contribution >= 0.6 is 0 Å². The molecule has 0 heterocycles. The van der Waals surface area contributed by atoms with Crippen molar-refractivity contribution in [2.75, 3.05) is 0 Å². The maximum Gasteiger partial charge on any atom is 0.278 e. The molecular weight excluding hydrogens is 316 g/mol. The van der Waals surface area contributed by atoms with E-state index in [1.807, 2.05) is 0 Å². The number of hydrazone groups is 1. The van der Waals surface area contributed by atoms with E-state index < -0.39 is 10.8 Å². The highest BCUT2D eigenvalue weighted by Gasteiger charge is 2.10. The third kappa shape index (κ3) is 7.45. The fourth-order valence-electron chi connectivity index (χ4n) is 1.97. The first-order valence-corrected chi connectivity index (χ1v) is 7.53. The van der Waals surface area contributed by atoms with Gasteiger partial charge in [-0.25, -0.2) is 10.9 Å². The lowest BCUT2D eigenvalue weighted by Gasteiger charge is -2.01. The second-order valence-corrected chi connectivity index (χ2v) is 5.06. The third-order valence-electron chi connectivity index (χ3n) is 3.21. The molecule has 9 heteroatoms. The number of carbonyl (C=O) groups excluding carboxylic acids is 2. The number of nitro groups is 1. The predicted molar refractivity (Wildman–Crippen MR) is 86.5 cm³/mol. The van der Waals surface area contributed by atoms with Crippen LogP contribution in [0, 0.1) is 10.1 Å². The topological polar surface area (TPSA) is 134 Å². The van der Waals surface area contributed by atoms with Crippen LogP contribution in [0.25, 0.3) is 0 Å². The molecule has 3 N–H and O–H groups in total. The van der Waals surface area contributed by atoms with Crippen LogP contribution in [-0.2, 0) is 9.59 Å². The van der Waals surface area contributed by atoms with Gasteiger partial charge in [-0.2, -0.15) is 5.10 Å². The highest BCUT2D eigenvalue weighted by Crippen LogP contribution is 2.15. The van der Waals surface area contributed by atoms with Gasteiger partial charge < -0.3 is 0 Å². The summed E-state index contributed by atoms with van der Waals surface area (Å²) in [6.07, 6.45) is 4.62. The van der Waals surface area contributed by atoms with Crippen LogP contribution < -0.4 is 10.9 Å². The van der Waals surface area contributed by atoms with Gasteiger partial charge in [0.1, 0.15) is 0 Å². The van der Waals surface area contributed by atoms with Crippen LogP contribution in [0.5, 0.6) is 0 Å². The first-order chi connectivity index (χ1) is 11.5. The zero-order chi connectivity index (χ0) is 17.8. The first kappa shape index (κ1) is 19.2. The molecule has 130 valence electrons. The zero-order valence-corrected chi connectivity index (χ0v) is 13.1. The van der Waals surface area contributed by atoms with Crippen LogP contribution in [0.15, 0.2) is 29.4 Å². The normalized spacial score (nSPS) is 10.5. The average molecular weight is 336 g/mol. The number of para-hydroxylation sites is 1. The van der Waals surface area contributed by atoms with E-state index in [1.165, 1.54) is 18.3 Å².